The number of rotatable bonds is 6. The molecule has 2 aromatic carbocycles. The molecule has 1 aromatic heterocycles. The van der Waals surface area contributed by atoms with E-state index in [1.807, 2.05) is 29.9 Å². The van der Waals surface area contributed by atoms with Gasteiger partial charge in [-0.2, -0.15) is 0 Å². The molecule has 0 amide bonds. The van der Waals surface area contributed by atoms with Gasteiger partial charge in [0.05, 0.1) is 17.6 Å². The molecule has 0 saturated carbocycles. The highest BCUT2D eigenvalue weighted by atomic mass is 32.2. The van der Waals surface area contributed by atoms with Gasteiger partial charge < -0.3 is 9.30 Å². The Morgan fingerprint density at radius 1 is 1.19 bits per heavy atom. The zero-order valence-electron chi connectivity index (χ0n) is 14.6. The quantitative estimate of drug-likeness (QED) is 0.636. The van der Waals surface area contributed by atoms with Crippen LogP contribution in [0.1, 0.15) is 10.4 Å². The zero-order chi connectivity index (χ0) is 19.4. The first-order chi connectivity index (χ1) is 12.9. The summed E-state index contributed by atoms with van der Waals surface area (Å²) in [4.78, 5) is 16.7. The summed E-state index contributed by atoms with van der Waals surface area (Å²) in [5.74, 6) is -0.595. The van der Waals surface area contributed by atoms with E-state index in [9.17, 15) is 13.2 Å². The second-order valence-electron chi connectivity index (χ2n) is 5.57. The average Bonchev–Trinajstić information content (AvgIpc) is 3.07. The van der Waals surface area contributed by atoms with Gasteiger partial charge in [0.1, 0.15) is 0 Å². The summed E-state index contributed by atoms with van der Waals surface area (Å²) in [6, 6.07) is 12.6. The summed E-state index contributed by atoms with van der Waals surface area (Å²) in [6.07, 6.45) is 3.57. The van der Waals surface area contributed by atoms with Crippen molar-refractivity contribution in [3.8, 4) is 0 Å². The van der Waals surface area contributed by atoms with E-state index in [1.165, 1.54) is 43.1 Å². The van der Waals surface area contributed by atoms with Crippen molar-refractivity contribution in [2.75, 3.05) is 11.8 Å². The predicted molar refractivity (Wildman–Crippen MR) is 102 cm³/mol. The van der Waals surface area contributed by atoms with Crippen molar-refractivity contribution in [3.63, 3.8) is 0 Å². The van der Waals surface area contributed by atoms with Gasteiger partial charge in [-0.1, -0.05) is 17.8 Å². The molecule has 27 heavy (non-hydrogen) atoms. The fourth-order valence-electron chi connectivity index (χ4n) is 2.27. The molecule has 3 rings (SSSR count). The Morgan fingerprint density at radius 3 is 2.56 bits per heavy atom. The third-order valence-corrected chi connectivity index (χ3v) is 6.12. The van der Waals surface area contributed by atoms with E-state index >= 15 is 0 Å². The SMILES string of the molecule is COC(=O)c1cccc(S(=O)(=O)Nc2ccc(Sc3nccn3C)cc2)c1. The average molecular weight is 403 g/mol. The number of anilines is 1. The molecular weight excluding hydrogens is 386 g/mol. The molecule has 9 heteroatoms. The normalized spacial score (nSPS) is 11.2. The standard InChI is InChI=1S/C18H17N3O4S2/c1-21-11-10-19-18(21)26-15-8-6-14(7-9-15)20-27(23,24)16-5-3-4-13(12-16)17(22)25-2/h3-12,20H,1-2H3. The van der Waals surface area contributed by atoms with E-state index in [4.69, 9.17) is 0 Å². The smallest absolute Gasteiger partial charge is 0.337 e. The molecule has 0 aliphatic carbocycles. The molecule has 0 atom stereocenters. The number of imidazole rings is 1. The number of methoxy groups -OCH3 is 1. The maximum absolute atomic E-state index is 12.6. The van der Waals surface area contributed by atoms with Gasteiger partial charge in [-0.15, -0.1) is 0 Å². The van der Waals surface area contributed by atoms with Crippen molar-refractivity contribution >= 4 is 33.4 Å². The van der Waals surface area contributed by atoms with Gasteiger partial charge in [-0.25, -0.2) is 18.2 Å². The van der Waals surface area contributed by atoms with E-state index in [-0.39, 0.29) is 10.5 Å². The summed E-state index contributed by atoms with van der Waals surface area (Å²) < 4.78 is 34.2. The van der Waals surface area contributed by atoms with Gasteiger partial charge in [0.15, 0.2) is 5.16 Å². The summed E-state index contributed by atoms with van der Waals surface area (Å²) in [5.41, 5.74) is 0.588. The first kappa shape index (κ1) is 19.0. The fraction of sp³-hybridized carbons (Fsp3) is 0.111. The van der Waals surface area contributed by atoms with Gasteiger partial charge in [0.2, 0.25) is 0 Å². The maximum Gasteiger partial charge on any atom is 0.337 e. The number of sulfonamides is 1. The molecule has 0 saturated heterocycles. The van der Waals surface area contributed by atoms with E-state index in [0.29, 0.717) is 5.69 Å². The van der Waals surface area contributed by atoms with Crippen molar-refractivity contribution in [2.24, 2.45) is 7.05 Å². The van der Waals surface area contributed by atoms with Crippen LogP contribution in [-0.4, -0.2) is 31.0 Å². The van der Waals surface area contributed by atoms with Crippen LogP contribution in [0.25, 0.3) is 0 Å². The number of nitrogens with zero attached hydrogens (tertiary/aromatic N) is 2. The third-order valence-electron chi connectivity index (χ3n) is 3.66. The number of benzene rings is 2. The Balaban J connectivity index is 1.76. The fourth-order valence-corrected chi connectivity index (χ4v) is 4.17. The number of carbonyl (C=O) groups is 1. The Bertz CT molecular complexity index is 1060. The molecule has 0 bridgehead atoms. The first-order valence-electron chi connectivity index (χ1n) is 7.85. The molecule has 0 unspecified atom stereocenters. The van der Waals surface area contributed by atoms with Crippen LogP contribution in [0.4, 0.5) is 5.69 Å². The van der Waals surface area contributed by atoms with Crippen LogP contribution in [0.15, 0.2) is 75.9 Å². The first-order valence-corrected chi connectivity index (χ1v) is 10.2. The predicted octanol–water partition coefficient (Wildman–Crippen LogP) is 3.16. The number of hydrogen-bond donors (Lipinski definition) is 1. The molecule has 3 aromatic rings. The number of hydrogen-bond acceptors (Lipinski definition) is 6. The molecular formula is C18H17N3O4S2. The summed E-state index contributed by atoms with van der Waals surface area (Å²) in [6.45, 7) is 0. The highest BCUT2D eigenvalue weighted by molar-refractivity contribution is 7.99. The van der Waals surface area contributed by atoms with Crippen LogP contribution in [0.5, 0.6) is 0 Å². The van der Waals surface area contributed by atoms with Crippen LogP contribution in [0.3, 0.4) is 0 Å². The van der Waals surface area contributed by atoms with Crippen molar-refractivity contribution in [2.45, 2.75) is 14.9 Å². The second-order valence-corrected chi connectivity index (χ2v) is 8.30. The molecule has 0 spiro atoms. The van der Waals surface area contributed by atoms with Crippen molar-refractivity contribution < 1.29 is 17.9 Å². The van der Waals surface area contributed by atoms with Gasteiger partial charge in [-0.3, -0.25) is 4.72 Å². The minimum Gasteiger partial charge on any atom is -0.465 e. The van der Waals surface area contributed by atoms with Crippen LogP contribution >= 0.6 is 11.8 Å². The van der Waals surface area contributed by atoms with Crippen LogP contribution in [0, 0.1) is 0 Å². The second kappa shape index (κ2) is 7.85. The zero-order valence-corrected chi connectivity index (χ0v) is 16.3. The van der Waals surface area contributed by atoms with Gasteiger partial charge in [0.25, 0.3) is 10.0 Å². The lowest BCUT2D eigenvalue weighted by molar-refractivity contribution is 0.0600. The summed E-state index contributed by atoms with van der Waals surface area (Å²) in [5, 5.41) is 0.836. The molecule has 0 fully saturated rings. The summed E-state index contributed by atoms with van der Waals surface area (Å²) in [7, 11) is -0.683. The van der Waals surface area contributed by atoms with E-state index in [2.05, 4.69) is 14.4 Å². The minimum absolute atomic E-state index is 0.0168. The lowest BCUT2D eigenvalue weighted by atomic mass is 10.2. The van der Waals surface area contributed by atoms with Crippen LogP contribution < -0.4 is 4.72 Å². The lowest BCUT2D eigenvalue weighted by Gasteiger charge is -2.10. The largest absolute Gasteiger partial charge is 0.465 e. The maximum atomic E-state index is 12.6. The third kappa shape index (κ3) is 4.50. The molecule has 7 nitrogen and oxygen atoms in total. The number of nitrogens with one attached hydrogen (secondary N) is 1. The Hall–Kier alpha value is -2.78. The monoisotopic (exact) mass is 403 g/mol. The molecule has 0 radical (unpaired) electrons. The van der Waals surface area contributed by atoms with Crippen molar-refractivity contribution in [3.05, 3.63) is 66.5 Å². The van der Waals surface area contributed by atoms with Gasteiger partial charge in [-0.05, 0) is 42.5 Å². The highest BCUT2D eigenvalue weighted by Crippen LogP contribution is 2.27. The molecule has 140 valence electrons. The van der Waals surface area contributed by atoms with Crippen molar-refractivity contribution in [1.82, 2.24) is 9.55 Å². The molecule has 1 heterocycles. The van der Waals surface area contributed by atoms with E-state index in [1.54, 1.807) is 18.3 Å². The lowest BCUT2D eigenvalue weighted by Crippen LogP contribution is -2.14. The summed E-state index contributed by atoms with van der Waals surface area (Å²) >= 11 is 1.47. The van der Waals surface area contributed by atoms with Crippen LogP contribution in [0.2, 0.25) is 0 Å². The Labute approximate surface area is 161 Å². The van der Waals surface area contributed by atoms with Crippen LogP contribution in [-0.2, 0) is 21.8 Å². The molecule has 0 aliphatic rings. The number of ether oxygens (including phenoxy) is 1. The topological polar surface area (TPSA) is 90.3 Å². The van der Waals surface area contributed by atoms with E-state index < -0.39 is 16.0 Å². The number of esters is 1. The van der Waals surface area contributed by atoms with Gasteiger partial charge in [0, 0.05) is 30.0 Å². The Kier molecular flexibility index (Phi) is 5.52. The number of aromatic nitrogens is 2. The number of carbonyl (C=O) groups excluding carboxylic acids is 1. The molecule has 1 N–H and O–H groups in total. The van der Waals surface area contributed by atoms with Gasteiger partial charge >= 0.3 is 5.97 Å². The van der Waals surface area contributed by atoms with Crippen molar-refractivity contribution in [1.29, 1.82) is 0 Å². The number of aryl methyl sites for hydroxylation is 1. The minimum atomic E-state index is -3.83. The van der Waals surface area contributed by atoms with E-state index in [0.717, 1.165) is 10.1 Å². The highest BCUT2D eigenvalue weighted by Gasteiger charge is 2.17. The Morgan fingerprint density at radius 2 is 1.93 bits per heavy atom. The molecule has 0 aliphatic heterocycles.